The first-order chi connectivity index (χ1) is 8.99. The van der Waals surface area contributed by atoms with Crippen molar-refractivity contribution in [2.24, 2.45) is 7.05 Å². The number of benzene rings is 1. The molecule has 0 saturated heterocycles. The van der Waals surface area contributed by atoms with E-state index in [-0.39, 0.29) is 5.56 Å². The summed E-state index contributed by atoms with van der Waals surface area (Å²) in [7, 11) is 1.73. The summed E-state index contributed by atoms with van der Waals surface area (Å²) in [6, 6.07) is 5.90. The Morgan fingerprint density at radius 1 is 1.53 bits per heavy atom. The molecule has 5 nitrogen and oxygen atoms in total. The lowest BCUT2D eigenvalue weighted by Crippen LogP contribution is -2.10. The topological polar surface area (TPSA) is 67.2 Å². The second-order valence-electron chi connectivity index (χ2n) is 4.25. The summed E-state index contributed by atoms with van der Waals surface area (Å²) in [5.74, 6) is -0.961. The second-order valence-corrected chi connectivity index (χ2v) is 5.16. The number of aryl methyl sites for hydroxylation is 2. The van der Waals surface area contributed by atoms with E-state index < -0.39 is 5.97 Å². The van der Waals surface area contributed by atoms with Crippen molar-refractivity contribution in [1.29, 1.82) is 0 Å². The van der Waals surface area contributed by atoms with Crippen LogP contribution in [-0.2, 0) is 13.6 Å². The second kappa shape index (κ2) is 5.44. The first kappa shape index (κ1) is 13.6. The minimum atomic E-state index is -0.961. The van der Waals surface area contributed by atoms with Crippen LogP contribution in [0.25, 0.3) is 0 Å². The molecule has 2 rings (SSSR count). The van der Waals surface area contributed by atoms with Gasteiger partial charge in [0.2, 0.25) is 0 Å². The molecule has 0 fully saturated rings. The van der Waals surface area contributed by atoms with Crippen LogP contribution >= 0.6 is 15.9 Å². The van der Waals surface area contributed by atoms with Gasteiger partial charge in [-0.1, -0.05) is 15.9 Å². The highest BCUT2D eigenvalue weighted by atomic mass is 79.9. The number of anilines is 1. The Bertz CT molecular complexity index is 622. The molecule has 1 aromatic heterocycles. The maximum Gasteiger partial charge on any atom is 0.339 e. The Hall–Kier alpha value is -1.82. The number of carbonyl (C=O) groups is 1. The molecule has 0 radical (unpaired) electrons. The van der Waals surface area contributed by atoms with E-state index in [9.17, 15) is 4.79 Å². The van der Waals surface area contributed by atoms with Crippen LogP contribution in [0.4, 0.5) is 5.69 Å². The van der Waals surface area contributed by atoms with Gasteiger partial charge in [0.25, 0.3) is 0 Å². The fourth-order valence-electron chi connectivity index (χ4n) is 1.86. The highest BCUT2D eigenvalue weighted by molar-refractivity contribution is 9.10. The lowest BCUT2D eigenvalue weighted by Gasteiger charge is -2.10. The van der Waals surface area contributed by atoms with Crippen molar-refractivity contribution in [3.8, 4) is 0 Å². The predicted molar refractivity (Wildman–Crippen MR) is 76.4 cm³/mol. The fourth-order valence-corrected chi connectivity index (χ4v) is 2.33. The normalized spacial score (nSPS) is 10.5. The summed E-state index contributed by atoms with van der Waals surface area (Å²) in [6.45, 7) is 2.41. The van der Waals surface area contributed by atoms with Gasteiger partial charge in [0.1, 0.15) is 5.56 Å². The Kier molecular flexibility index (Phi) is 3.90. The molecule has 1 aromatic carbocycles. The summed E-state index contributed by atoms with van der Waals surface area (Å²) in [6.07, 6.45) is 1.37. The largest absolute Gasteiger partial charge is 0.478 e. The molecule has 2 aromatic rings. The summed E-state index contributed by atoms with van der Waals surface area (Å²) in [5, 5.41) is 16.3. The smallest absolute Gasteiger partial charge is 0.339 e. The van der Waals surface area contributed by atoms with Crippen molar-refractivity contribution in [3.63, 3.8) is 0 Å². The van der Waals surface area contributed by atoms with Gasteiger partial charge in [0.15, 0.2) is 0 Å². The fraction of sp³-hybridized carbons (Fsp3) is 0.231. The molecule has 0 aliphatic carbocycles. The number of nitrogens with zero attached hydrogens (tertiary/aromatic N) is 2. The van der Waals surface area contributed by atoms with E-state index in [0.29, 0.717) is 12.2 Å². The summed E-state index contributed by atoms with van der Waals surface area (Å²) < 4.78 is 2.59. The minimum absolute atomic E-state index is 0.227. The standard InChI is InChI=1S/C13H14BrN3O2/c1-8-5-9(14)3-4-11(8)15-7-12-10(13(18)19)6-16-17(12)2/h3-6,15H,7H2,1-2H3,(H,18,19). The molecule has 0 aliphatic heterocycles. The van der Waals surface area contributed by atoms with E-state index in [1.54, 1.807) is 11.7 Å². The van der Waals surface area contributed by atoms with Gasteiger partial charge in [-0.3, -0.25) is 4.68 Å². The van der Waals surface area contributed by atoms with E-state index in [4.69, 9.17) is 5.11 Å². The van der Waals surface area contributed by atoms with Gasteiger partial charge in [-0.25, -0.2) is 4.79 Å². The SMILES string of the molecule is Cc1cc(Br)ccc1NCc1c(C(=O)O)cnn1C. The summed E-state index contributed by atoms with van der Waals surface area (Å²) in [5.41, 5.74) is 2.94. The van der Waals surface area contributed by atoms with Crippen molar-refractivity contribution in [3.05, 3.63) is 45.7 Å². The van der Waals surface area contributed by atoms with Crippen molar-refractivity contribution in [2.75, 3.05) is 5.32 Å². The number of nitrogens with one attached hydrogen (secondary N) is 1. The zero-order chi connectivity index (χ0) is 14.0. The van der Waals surface area contributed by atoms with E-state index in [1.165, 1.54) is 6.20 Å². The molecule has 0 bridgehead atoms. The average molecular weight is 324 g/mol. The van der Waals surface area contributed by atoms with Gasteiger partial charge < -0.3 is 10.4 Å². The third-order valence-corrected chi connectivity index (χ3v) is 3.42. The number of aromatic nitrogens is 2. The lowest BCUT2D eigenvalue weighted by molar-refractivity contribution is 0.0695. The molecule has 100 valence electrons. The lowest BCUT2D eigenvalue weighted by atomic mass is 10.2. The molecule has 0 atom stereocenters. The molecular weight excluding hydrogens is 310 g/mol. The first-order valence-corrected chi connectivity index (χ1v) is 6.52. The number of carboxylic acids is 1. The van der Waals surface area contributed by atoms with Crippen molar-refractivity contribution < 1.29 is 9.90 Å². The number of halogens is 1. The quantitative estimate of drug-likeness (QED) is 0.907. The predicted octanol–water partition coefficient (Wildman–Crippen LogP) is 2.80. The maximum atomic E-state index is 11.1. The summed E-state index contributed by atoms with van der Waals surface area (Å²) in [4.78, 5) is 11.1. The molecule has 0 saturated carbocycles. The zero-order valence-corrected chi connectivity index (χ0v) is 12.2. The third kappa shape index (κ3) is 2.96. The number of rotatable bonds is 4. The Morgan fingerprint density at radius 3 is 2.89 bits per heavy atom. The van der Waals surface area contributed by atoms with E-state index in [0.717, 1.165) is 15.7 Å². The number of hydrogen-bond acceptors (Lipinski definition) is 3. The van der Waals surface area contributed by atoms with Crippen molar-refractivity contribution in [1.82, 2.24) is 9.78 Å². The van der Waals surface area contributed by atoms with Crippen LogP contribution in [0.1, 0.15) is 21.6 Å². The zero-order valence-electron chi connectivity index (χ0n) is 10.6. The van der Waals surface area contributed by atoms with Gasteiger partial charge >= 0.3 is 5.97 Å². The molecule has 6 heteroatoms. The van der Waals surface area contributed by atoms with Gasteiger partial charge in [-0.2, -0.15) is 5.10 Å². The van der Waals surface area contributed by atoms with Gasteiger partial charge in [0, 0.05) is 17.2 Å². The van der Waals surface area contributed by atoms with Crippen LogP contribution in [-0.4, -0.2) is 20.9 Å². The van der Waals surface area contributed by atoms with Crippen LogP contribution in [0, 0.1) is 6.92 Å². The highest BCUT2D eigenvalue weighted by Crippen LogP contribution is 2.21. The number of hydrogen-bond donors (Lipinski definition) is 2. The Morgan fingerprint density at radius 2 is 2.26 bits per heavy atom. The third-order valence-electron chi connectivity index (χ3n) is 2.93. The van der Waals surface area contributed by atoms with Gasteiger partial charge in [-0.05, 0) is 30.7 Å². The highest BCUT2D eigenvalue weighted by Gasteiger charge is 2.14. The van der Waals surface area contributed by atoms with Crippen LogP contribution in [0.2, 0.25) is 0 Å². The van der Waals surface area contributed by atoms with E-state index in [2.05, 4.69) is 26.3 Å². The Balaban J connectivity index is 2.19. The minimum Gasteiger partial charge on any atom is -0.478 e. The van der Waals surface area contributed by atoms with E-state index in [1.807, 2.05) is 25.1 Å². The average Bonchev–Trinajstić information content (AvgIpc) is 2.70. The van der Waals surface area contributed by atoms with Crippen LogP contribution in [0.3, 0.4) is 0 Å². The number of aromatic carboxylic acids is 1. The molecule has 0 amide bonds. The molecule has 0 aliphatic rings. The van der Waals surface area contributed by atoms with Crippen LogP contribution < -0.4 is 5.32 Å². The molecule has 19 heavy (non-hydrogen) atoms. The van der Waals surface area contributed by atoms with Crippen LogP contribution in [0.5, 0.6) is 0 Å². The molecule has 0 unspecified atom stereocenters. The van der Waals surface area contributed by atoms with Crippen molar-refractivity contribution >= 4 is 27.6 Å². The van der Waals surface area contributed by atoms with Gasteiger partial charge in [-0.15, -0.1) is 0 Å². The molecule has 2 N–H and O–H groups in total. The first-order valence-electron chi connectivity index (χ1n) is 5.73. The molecular formula is C13H14BrN3O2. The van der Waals surface area contributed by atoms with Crippen LogP contribution in [0.15, 0.2) is 28.9 Å². The number of carboxylic acid groups (broad SMARTS) is 1. The van der Waals surface area contributed by atoms with Gasteiger partial charge in [0.05, 0.1) is 18.4 Å². The van der Waals surface area contributed by atoms with Crippen molar-refractivity contribution in [2.45, 2.75) is 13.5 Å². The molecule has 1 heterocycles. The monoisotopic (exact) mass is 323 g/mol. The van der Waals surface area contributed by atoms with E-state index >= 15 is 0 Å². The Labute approximate surface area is 119 Å². The molecule has 0 spiro atoms. The maximum absolute atomic E-state index is 11.1. The summed E-state index contributed by atoms with van der Waals surface area (Å²) >= 11 is 3.41.